The largest absolute Gasteiger partial charge is 0.366 e. The van der Waals surface area contributed by atoms with Crippen LogP contribution in [-0.2, 0) is 0 Å². The van der Waals surface area contributed by atoms with Crippen molar-refractivity contribution in [2.24, 2.45) is 0 Å². The number of aryl methyl sites for hydroxylation is 1. The molecule has 1 aromatic carbocycles. The molecule has 1 heterocycles. The summed E-state index contributed by atoms with van der Waals surface area (Å²) in [5.74, 6) is 0.939. The normalized spacial score (nSPS) is 23.5. The van der Waals surface area contributed by atoms with E-state index in [0.29, 0.717) is 6.04 Å². The predicted molar refractivity (Wildman–Crippen MR) is 81.7 cm³/mol. The average Bonchev–Trinajstić information content (AvgIpc) is 2.42. The van der Waals surface area contributed by atoms with E-state index >= 15 is 0 Å². The molecule has 99 valence electrons. The fourth-order valence-electron chi connectivity index (χ4n) is 2.70. The molecule has 0 aliphatic heterocycles. The molecule has 1 aliphatic carbocycles. The van der Waals surface area contributed by atoms with Gasteiger partial charge in [-0.05, 0) is 50.3 Å². The van der Waals surface area contributed by atoms with Crippen LogP contribution in [0.25, 0.3) is 10.9 Å². The number of para-hydroxylation sites is 1. The summed E-state index contributed by atoms with van der Waals surface area (Å²) < 4.78 is 0. The molecular weight excluding hydrogens is 256 g/mol. The van der Waals surface area contributed by atoms with Crippen molar-refractivity contribution in [1.29, 1.82) is 0 Å². The predicted octanol–water partition coefficient (Wildman–Crippen LogP) is 4.32. The summed E-state index contributed by atoms with van der Waals surface area (Å²) in [6, 6.07) is 10.7. The van der Waals surface area contributed by atoms with Gasteiger partial charge in [0.25, 0.3) is 0 Å². The van der Waals surface area contributed by atoms with Gasteiger partial charge in [0.2, 0.25) is 0 Å². The Morgan fingerprint density at radius 3 is 3.00 bits per heavy atom. The smallest absolute Gasteiger partial charge is 0.127 e. The molecule has 0 amide bonds. The lowest BCUT2D eigenvalue weighted by molar-refractivity contribution is 0.541. The van der Waals surface area contributed by atoms with Crippen molar-refractivity contribution in [3.8, 4) is 0 Å². The second-order valence-corrected chi connectivity index (χ2v) is 5.77. The quantitative estimate of drug-likeness (QED) is 0.825. The van der Waals surface area contributed by atoms with Gasteiger partial charge in [-0.1, -0.05) is 18.2 Å². The highest BCUT2D eigenvalue weighted by Crippen LogP contribution is 2.26. The first kappa shape index (κ1) is 12.7. The third kappa shape index (κ3) is 2.69. The van der Waals surface area contributed by atoms with Crippen molar-refractivity contribution in [1.82, 2.24) is 4.98 Å². The second kappa shape index (κ2) is 5.38. The van der Waals surface area contributed by atoms with Gasteiger partial charge in [0, 0.05) is 11.4 Å². The summed E-state index contributed by atoms with van der Waals surface area (Å²) in [6.07, 6.45) is 5.47. The standard InChI is InChI=1S/C16H18ClN2/c1-11-10-16(18-14-8-4-2-6-12(11)14)19-15-9-5-3-7-13(15)17/h2-4,6,8,10,13,15H,5,7,9H2,1H3,(H,18,19). The minimum atomic E-state index is 0.169. The van der Waals surface area contributed by atoms with Gasteiger partial charge in [-0.3, -0.25) is 0 Å². The van der Waals surface area contributed by atoms with Crippen LogP contribution in [0, 0.1) is 13.3 Å². The Morgan fingerprint density at radius 1 is 1.32 bits per heavy atom. The third-order valence-electron chi connectivity index (χ3n) is 3.77. The van der Waals surface area contributed by atoms with E-state index in [2.05, 4.69) is 47.9 Å². The summed E-state index contributed by atoms with van der Waals surface area (Å²) in [6.45, 7) is 2.13. The third-order valence-corrected chi connectivity index (χ3v) is 4.25. The Kier molecular flexibility index (Phi) is 3.61. The lowest BCUT2D eigenvalue weighted by atomic mass is 9.95. The highest BCUT2D eigenvalue weighted by Gasteiger charge is 2.23. The number of hydrogen-bond acceptors (Lipinski definition) is 2. The Bertz CT molecular complexity index is 582. The fraction of sp³-hybridized carbons (Fsp3) is 0.375. The molecule has 1 saturated carbocycles. The van der Waals surface area contributed by atoms with Crippen LogP contribution in [-0.4, -0.2) is 16.4 Å². The lowest BCUT2D eigenvalue weighted by Crippen LogP contribution is -2.33. The van der Waals surface area contributed by atoms with Crippen LogP contribution >= 0.6 is 11.6 Å². The number of anilines is 1. The number of halogens is 1. The van der Waals surface area contributed by atoms with E-state index in [4.69, 9.17) is 11.6 Å². The molecule has 1 aromatic heterocycles. The van der Waals surface area contributed by atoms with Gasteiger partial charge in [0.15, 0.2) is 0 Å². The van der Waals surface area contributed by atoms with Gasteiger partial charge in [-0.25, -0.2) is 4.98 Å². The van der Waals surface area contributed by atoms with Crippen LogP contribution < -0.4 is 5.32 Å². The maximum Gasteiger partial charge on any atom is 0.127 e. The monoisotopic (exact) mass is 273 g/mol. The van der Waals surface area contributed by atoms with Gasteiger partial charge in [0.1, 0.15) is 5.82 Å². The molecule has 2 unspecified atom stereocenters. The Hall–Kier alpha value is -1.28. The summed E-state index contributed by atoms with van der Waals surface area (Å²) in [5.41, 5.74) is 2.29. The van der Waals surface area contributed by atoms with Crippen LogP contribution in [0.1, 0.15) is 24.8 Å². The number of nitrogens with one attached hydrogen (secondary N) is 1. The van der Waals surface area contributed by atoms with Crippen molar-refractivity contribution in [2.75, 3.05) is 5.32 Å². The van der Waals surface area contributed by atoms with Crippen molar-refractivity contribution >= 4 is 28.3 Å². The molecule has 1 N–H and O–H groups in total. The molecule has 3 rings (SSSR count). The number of hydrogen-bond donors (Lipinski definition) is 1. The zero-order valence-electron chi connectivity index (χ0n) is 11.1. The maximum absolute atomic E-state index is 6.37. The molecule has 0 bridgehead atoms. The molecule has 1 aliphatic rings. The number of alkyl halides is 1. The topological polar surface area (TPSA) is 24.9 Å². The highest BCUT2D eigenvalue weighted by atomic mass is 35.5. The number of nitrogens with zero attached hydrogens (tertiary/aromatic N) is 1. The molecule has 2 nitrogen and oxygen atoms in total. The number of rotatable bonds is 2. The fourth-order valence-corrected chi connectivity index (χ4v) is 3.01. The van der Waals surface area contributed by atoms with Gasteiger partial charge in [0.05, 0.1) is 10.9 Å². The van der Waals surface area contributed by atoms with Gasteiger partial charge < -0.3 is 5.32 Å². The van der Waals surface area contributed by atoms with Gasteiger partial charge >= 0.3 is 0 Å². The first-order valence-corrected chi connectivity index (χ1v) is 7.26. The van der Waals surface area contributed by atoms with E-state index in [1.807, 2.05) is 6.07 Å². The minimum Gasteiger partial charge on any atom is -0.366 e. The number of benzene rings is 1. The number of pyridine rings is 1. The van der Waals surface area contributed by atoms with Crippen molar-refractivity contribution in [2.45, 2.75) is 37.6 Å². The van der Waals surface area contributed by atoms with E-state index in [1.165, 1.54) is 10.9 Å². The van der Waals surface area contributed by atoms with Crippen LogP contribution in [0.4, 0.5) is 5.82 Å². The molecule has 3 heteroatoms. The first-order valence-electron chi connectivity index (χ1n) is 6.83. The van der Waals surface area contributed by atoms with Crippen LogP contribution in [0.5, 0.6) is 0 Å². The number of aromatic nitrogens is 1. The van der Waals surface area contributed by atoms with E-state index < -0.39 is 0 Å². The summed E-state index contributed by atoms with van der Waals surface area (Å²) in [4.78, 5) is 4.68. The summed E-state index contributed by atoms with van der Waals surface area (Å²) in [7, 11) is 0. The van der Waals surface area contributed by atoms with E-state index in [1.54, 1.807) is 0 Å². The summed E-state index contributed by atoms with van der Waals surface area (Å²) in [5, 5.41) is 4.88. The number of fused-ring (bicyclic) bond motifs is 1. The van der Waals surface area contributed by atoms with Crippen molar-refractivity contribution in [3.05, 3.63) is 42.3 Å². The molecule has 2 aromatic rings. The first-order chi connectivity index (χ1) is 9.24. The van der Waals surface area contributed by atoms with Gasteiger partial charge in [-0.15, -0.1) is 11.6 Å². The molecule has 0 spiro atoms. The van der Waals surface area contributed by atoms with E-state index in [9.17, 15) is 0 Å². The second-order valence-electron chi connectivity index (χ2n) is 5.21. The SMILES string of the molecule is Cc1cc(NC2CC[CH]CC2Cl)nc2ccccc12. The van der Waals surface area contributed by atoms with E-state index in [-0.39, 0.29) is 5.38 Å². The van der Waals surface area contributed by atoms with Crippen LogP contribution in [0.2, 0.25) is 0 Å². The molecule has 19 heavy (non-hydrogen) atoms. The Balaban J connectivity index is 1.88. The van der Waals surface area contributed by atoms with Gasteiger partial charge in [-0.2, -0.15) is 0 Å². The van der Waals surface area contributed by atoms with Crippen LogP contribution in [0.3, 0.4) is 0 Å². The molecular formula is C16H18ClN2. The highest BCUT2D eigenvalue weighted by molar-refractivity contribution is 6.21. The zero-order valence-corrected chi connectivity index (χ0v) is 11.8. The Morgan fingerprint density at radius 2 is 2.16 bits per heavy atom. The van der Waals surface area contributed by atoms with E-state index in [0.717, 1.165) is 30.6 Å². The molecule has 0 saturated heterocycles. The molecule has 1 radical (unpaired) electrons. The van der Waals surface area contributed by atoms with Crippen molar-refractivity contribution < 1.29 is 0 Å². The lowest BCUT2D eigenvalue weighted by Gasteiger charge is -2.28. The maximum atomic E-state index is 6.37. The Labute approximate surface area is 119 Å². The molecule has 2 atom stereocenters. The van der Waals surface area contributed by atoms with Crippen LogP contribution in [0.15, 0.2) is 30.3 Å². The minimum absolute atomic E-state index is 0.169. The van der Waals surface area contributed by atoms with Crippen molar-refractivity contribution in [3.63, 3.8) is 0 Å². The zero-order chi connectivity index (χ0) is 13.2. The summed E-state index contributed by atoms with van der Waals surface area (Å²) >= 11 is 6.37. The average molecular weight is 274 g/mol. The molecule has 1 fully saturated rings.